The summed E-state index contributed by atoms with van der Waals surface area (Å²) >= 11 is 5.76. The van der Waals surface area contributed by atoms with Crippen molar-refractivity contribution in [3.05, 3.63) is 29.4 Å². The Kier molecular flexibility index (Phi) is 2.60. The predicted molar refractivity (Wildman–Crippen MR) is 56.6 cm³/mol. The van der Waals surface area contributed by atoms with Gasteiger partial charge >= 0.3 is 0 Å². The number of aromatic nitrogens is 3. The van der Waals surface area contributed by atoms with Crippen LogP contribution in [0.3, 0.4) is 0 Å². The summed E-state index contributed by atoms with van der Waals surface area (Å²) in [5.41, 5.74) is 6.87. The fraction of sp³-hybridized carbons (Fsp3) is 0.333. The van der Waals surface area contributed by atoms with Crippen LogP contribution in [0, 0.1) is 0 Å². The van der Waals surface area contributed by atoms with Gasteiger partial charge < -0.3 is 10.8 Å². The molecule has 0 amide bonds. The standard InChI is InChI=1S/C9H11ClN4O/c1-5(11)9(15)6-2-13-8-3-12-7(10)4-14(6)8/h2-5,9,15H,11H2,1H3. The van der Waals surface area contributed by atoms with Crippen LogP contribution < -0.4 is 5.73 Å². The van der Waals surface area contributed by atoms with Crippen LogP contribution in [0.25, 0.3) is 5.65 Å². The second kappa shape index (κ2) is 3.77. The number of fused-ring (bicyclic) bond motifs is 1. The van der Waals surface area contributed by atoms with Crippen molar-refractivity contribution in [2.24, 2.45) is 5.73 Å². The van der Waals surface area contributed by atoms with E-state index >= 15 is 0 Å². The van der Waals surface area contributed by atoms with Gasteiger partial charge in [0, 0.05) is 12.2 Å². The fourth-order valence-electron chi connectivity index (χ4n) is 1.37. The van der Waals surface area contributed by atoms with Crippen molar-refractivity contribution in [3.8, 4) is 0 Å². The Morgan fingerprint density at radius 1 is 1.47 bits per heavy atom. The molecule has 0 bridgehead atoms. The topological polar surface area (TPSA) is 76.4 Å². The Balaban J connectivity index is 2.56. The average molecular weight is 227 g/mol. The summed E-state index contributed by atoms with van der Waals surface area (Å²) in [7, 11) is 0. The minimum Gasteiger partial charge on any atom is -0.385 e. The first-order valence-corrected chi connectivity index (χ1v) is 4.89. The molecule has 80 valence electrons. The Labute approximate surface area is 91.5 Å². The maximum Gasteiger partial charge on any atom is 0.155 e. The SMILES string of the molecule is CC(N)C(O)c1cnc2cnc(Cl)cn12. The number of aliphatic hydroxyl groups is 1. The van der Waals surface area contributed by atoms with Gasteiger partial charge in [-0.2, -0.15) is 0 Å². The van der Waals surface area contributed by atoms with Crippen LogP contribution in [-0.4, -0.2) is 25.5 Å². The number of hydrogen-bond acceptors (Lipinski definition) is 4. The van der Waals surface area contributed by atoms with E-state index < -0.39 is 6.10 Å². The van der Waals surface area contributed by atoms with Crippen LogP contribution in [0.4, 0.5) is 0 Å². The van der Waals surface area contributed by atoms with Crippen molar-refractivity contribution in [1.29, 1.82) is 0 Å². The van der Waals surface area contributed by atoms with Crippen LogP contribution in [-0.2, 0) is 0 Å². The summed E-state index contributed by atoms with van der Waals surface area (Å²) in [5.74, 6) is 0. The molecule has 5 nitrogen and oxygen atoms in total. The van der Waals surface area contributed by atoms with E-state index in [0.29, 0.717) is 16.5 Å². The van der Waals surface area contributed by atoms with Gasteiger partial charge in [-0.3, -0.25) is 4.40 Å². The Morgan fingerprint density at radius 3 is 2.87 bits per heavy atom. The number of imidazole rings is 1. The third-order valence-corrected chi connectivity index (χ3v) is 2.39. The van der Waals surface area contributed by atoms with E-state index in [2.05, 4.69) is 9.97 Å². The van der Waals surface area contributed by atoms with Gasteiger partial charge in [0.1, 0.15) is 11.3 Å². The highest BCUT2D eigenvalue weighted by Crippen LogP contribution is 2.18. The normalized spacial score (nSPS) is 15.5. The smallest absolute Gasteiger partial charge is 0.155 e. The number of nitrogens with zero attached hydrogens (tertiary/aromatic N) is 3. The quantitative estimate of drug-likeness (QED) is 0.793. The van der Waals surface area contributed by atoms with Crippen LogP contribution >= 0.6 is 11.6 Å². The molecule has 6 heteroatoms. The maximum atomic E-state index is 9.83. The van der Waals surface area contributed by atoms with Gasteiger partial charge in [-0.15, -0.1) is 0 Å². The summed E-state index contributed by atoms with van der Waals surface area (Å²) in [6.07, 6.45) is 3.95. The first kappa shape index (κ1) is 10.4. The lowest BCUT2D eigenvalue weighted by atomic mass is 10.1. The van der Waals surface area contributed by atoms with Crippen LogP contribution in [0.1, 0.15) is 18.7 Å². The molecule has 0 aliphatic rings. The number of halogens is 1. The lowest BCUT2D eigenvalue weighted by molar-refractivity contribution is 0.148. The molecule has 0 aliphatic heterocycles. The van der Waals surface area contributed by atoms with Gasteiger partial charge in [-0.05, 0) is 6.92 Å². The Bertz CT molecular complexity index is 482. The van der Waals surface area contributed by atoms with E-state index in [1.807, 2.05) is 0 Å². The van der Waals surface area contributed by atoms with Gasteiger partial charge in [-0.25, -0.2) is 9.97 Å². The van der Waals surface area contributed by atoms with E-state index in [-0.39, 0.29) is 6.04 Å². The van der Waals surface area contributed by atoms with Gasteiger partial charge in [0.25, 0.3) is 0 Å². The molecule has 0 saturated carbocycles. The van der Waals surface area contributed by atoms with E-state index in [4.69, 9.17) is 17.3 Å². The summed E-state index contributed by atoms with van der Waals surface area (Å²) in [5, 5.41) is 10.2. The highest BCUT2D eigenvalue weighted by Gasteiger charge is 2.17. The van der Waals surface area contributed by atoms with Crippen molar-refractivity contribution in [2.45, 2.75) is 19.1 Å². The van der Waals surface area contributed by atoms with Crippen molar-refractivity contribution < 1.29 is 5.11 Å². The average Bonchev–Trinajstić information content (AvgIpc) is 2.59. The van der Waals surface area contributed by atoms with Gasteiger partial charge in [0.05, 0.1) is 18.1 Å². The lowest BCUT2D eigenvalue weighted by Gasteiger charge is -2.13. The minimum absolute atomic E-state index is 0.346. The van der Waals surface area contributed by atoms with Crippen molar-refractivity contribution in [2.75, 3.05) is 0 Å². The number of aliphatic hydroxyl groups excluding tert-OH is 1. The van der Waals surface area contributed by atoms with Crippen molar-refractivity contribution in [3.63, 3.8) is 0 Å². The first-order valence-electron chi connectivity index (χ1n) is 4.51. The number of rotatable bonds is 2. The zero-order valence-electron chi connectivity index (χ0n) is 8.13. The molecule has 0 radical (unpaired) electrons. The minimum atomic E-state index is -0.765. The summed E-state index contributed by atoms with van der Waals surface area (Å²) in [4.78, 5) is 7.98. The van der Waals surface area contributed by atoms with E-state index in [1.54, 1.807) is 29.9 Å². The zero-order valence-corrected chi connectivity index (χ0v) is 8.89. The van der Waals surface area contributed by atoms with Crippen molar-refractivity contribution in [1.82, 2.24) is 14.4 Å². The van der Waals surface area contributed by atoms with E-state index in [1.165, 1.54) is 0 Å². The highest BCUT2D eigenvalue weighted by atomic mass is 35.5. The Morgan fingerprint density at radius 2 is 2.20 bits per heavy atom. The molecule has 2 heterocycles. The van der Waals surface area contributed by atoms with Gasteiger partial charge in [0.15, 0.2) is 5.65 Å². The molecule has 15 heavy (non-hydrogen) atoms. The van der Waals surface area contributed by atoms with Crippen LogP contribution in [0.5, 0.6) is 0 Å². The molecule has 0 fully saturated rings. The first-order chi connectivity index (χ1) is 7.09. The number of nitrogens with two attached hydrogens (primary N) is 1. The summed E-state index contributed by atoms with van der Waals surface area (Å²) in [6, 6.07) is -0.364. The molecule has 2 rings (SSSR count). The molecule has 0 spiro atoms. The molecular formula is C9H11ClN4O. The van der Waals surface area contributed by atoms with Gasteiger partial charge in [0.2, 0.25) is 0 Å². The monoisotopic (exact) mass is 226 g/mol. The lowest BCUT2D eigenvalue weighted by Crippen LogP contribution is -2.25. The molecule has 0 saturated heterocycles. The molecule has 2 unspecified atom stereocenters. The fourth-order valence-corrected chi connectivity index (χ4v) is 1.52. The molecule has 0 aromatic carbocycles. The van der Waals surface area contributed by atoms with E-state index in [0.717, 1.165) is 0 Å². The summed E-state index contributed by atoms with van der Waals surface area (Å²) in [6.45, 7) is 1.73. The second-order valence-corrected chi connectivity index (χ2v) is 3.81. The molecular weight excluding hydrogens is 216 g/mol. The maximum absolute atomic E-state index is 9.83. The molecule has 0 aliphatic carbocycles. The van der Waals surface area contributed by atoms with Crippen LogP contribution in [0.15, 0.2) is 18.6 Å². The second-order valence-electron chi connectivity index (χ2n) is 3.43. The zero-order chi connectivity index (χ0) is 11.0. The highest BCUT2D eigenvalue weighted by molar-refractivity contribution is 6.29. The number of hydrogen-bond donors (Lipinski definition) is 2. The predicted octanol–water partition coefficient (Wildman–Crippen LogP) is 0.763. The van der Waals surface area contributed by atoms with Gasteiger partial charge in [-0.1, -0.05) is 11.6 Å². The molecule has 2 atom stereocenters. The molecule has 2 aromatic rings. The third-order valence-electron chi connectivity index (χ3n) is 2.19. The van der Waals surface area contributed by atoms with Crippen molar-refractivity contribution >= 4 is 17.2 Å². The third kappa shape index (κ3) is 1.81. The van der Waals surface area contributed by atoms with Crippen LogP contribution in [0.2, 0.25) is 5.15 Å². The summed E-state index contributed by atoms with van der Waals surface area (Å²) < 4.78 is 1.68. The van der Waals surface area contributed by atoms with E-state index in [9.17, 15) is 5.11 Å². The Hall–Kier alpha value is -1.17. The molecule has 2 aromatic heterocycles. The largest absolute Gasteiger partial charge is 0.385 e. The molecule has 3 N–H and O–H groups in total.